The number of hydrogen-bond acceptors (Lipinski definition) is 3. The van der Waals surface area contributed by atoms with Crippen molar-refractivity contribution in [3.8, 4) is 0 Å². The molecule has 0 atom stereocenters. The Labute approximate surface area is 166 Å². The largest absolute Gasteiger partial charge is 0.256 e. The summed E-state index contributed by atoms with van der Waals surface area (Å²) in [6.07, 6.45) is 4.49. The molecule has 0 unspecified atom stereocenters. The molecule has 28 heavy (non-hydrogen) atoms. The molecule has 3 nitrogen and oxygen atoms in total. The second-order valence-corrected chi connectivity index (χ2v) is 9.22. The summed E-state index contributed by atoms with van der Waals surface area (Å²) in [7, 11) is 0. The van der Waals surface area contributed by atoms with Crippen LogP contribution in [0, 0.1) is 0 Å². The molecule has 142 valence electrons. The highest BCUT2D eigenvalue weighted by Gasteiger charge is 2.27. The van der Waals surface area contributed by atoms with Crippen molar-refractivity contribution in [1.29, 1.82) is 0 Å². The first kappa shape index (κ1) is 18.5. The smallest absolute Gasteiger partial charge is 0.116 e. The zero-order chi connectivity index (χ0) is 19.9. The number of pyridine rings is 1. The van der Waals surface area contributed by atoms with Crippen molar-refractivity contribution in [2.75, 3.05) is 0 Å². The van der Waals surface area contributed by atoms with E-state index in [0.717, 1.165) is 28.5 Å². The Balaban J connectivity index is 1.83. The highest BCUT2D eigenvalue weighted by Crippen LogP contribution is 2.35. The van der Waals surface area contributed by atoms with E-state index in [1.807, 2.05) is 18.3 Å². The quantitative estimate of drug-likeness (QED) is 0.445. The lowest BCUT2D eigenvalue weighted by molar-refractivity contribution is 0.511. The summed E-state index contributed by atoms with van der Waals surface area (Å²) < 4.78 is 0. The van der Waals surface area contributed by atoms with Crippen LogP contribution in [-0.2, 0) is 17.3 Å². The number of hydrogen-bond donors (Lipinski definition) is 0. The summed E-state index contributed by atoms with van der Waals surface area (Å²) in [6, 6.07) is 16.9. The van der Waals surface area contributed by atoms with Gasteiger partial charge in [-0.25, -0.2) is 9.97 Å². The van der Waals surface area contributed by atoms with Crippen LogP contribution >= 0.6 is 0 Å². The minimum absolute atomic E-state index is 0.0815. The Bertz CT molecular complexity index is 1150. The maximum atomic E-state index is 4.76. The van der Waals surface area contributed by atoms with E-state index < -0.39 is 0 Å². The van der Waals surface area contributed by atoms with E-state index in [1.165, 1.54) is 16.5 Å². The van der Waals surface area contributed by atoms with Gasteiger partial charge in [0.2, 0.25) is 0 Å². The van der Waals surface area contributed by atoms with Gasteiger partial charge in [-0.15, -0.1) is 0 Å². The molecule has 2 aromatic heterocycles. The van der Waals surface area contributed by atoms with Crippen molar-refractivity contribution in [2.24, 2.45) is 0 Å². The van der Waals surface area contributed by atoms with E-state index in [2.05, 4.69) is 81.0 Å². The molecule has 0 fully saturated rings. The van der Waals surface area contributed by atoms with Gasteiger partial charge in [0.25, 0.3) is 0 Å². The fourth-order valence-corrected chi connectivity index (χ4v) is 4.14. The SMILES string of the molecule is CC(C)(C)c1ccnc2c(CC(C)(C)c3ncnc4ccccc34)cccc12. The van der Waals surface area contributed by atoms with Gasteiger partial charge in [-0.2, -0.15) is 0 Å². The zero-order valence-electron chi connectivity index (χ0n) is 17.3. The summed E-state index contributed by atoms with van der Waals surface area (Å²) in [5, 5.41) is 2.37. The highest BCUT2D eigenvalue weighted by molar-refractivity contribution is 5.86. The summed E-state index contributed by atoms with van der Waals surface area (Å²) in [4.78, 5) is 13.9. The van der Waals surface area contributed by atoms with Gasteiger partial charge in [0, 0.05) is 22.4 Å². The molecule has 0 aliphatic rings. The molecule has 0 aliphatic heterocycles. The predicted octanol–water partition coefficient (Wildman–Crippen LogP) is 6.00. The van der Waals surface area contributed by atoms with Crippen LogP contribution in [0.3, 0.4) is 0 Å². The molecule has 0 aliphatic carbocycles. The van der Waals surface area contributed by atoms with E-state index in [0.29, 0.717) is 0 Å². The monoisotopic (exact) mass is 369 g/mol. The minimum Gasteiger partial charge on any atom is -0.256 e. The Morgan fingerprint density at radius 2 is 1.50 bits per heavy atom. The topological polar surface area (TPSA) is 38.7 Å². The third-order valence-electron chi connectivity index (χ3n) is 5.48. The standard InChI is InChI=1S/C25H27N3/c1-24(2,3)20-13-14-26-22-17(9-8-11-18(20)22)15-25(4,5)23-19-10-6-7-12-21(19)27-16-28-23/h6-14,16H,15H2,1-5H3. The third-order valence-corrected chi connectivity index (χ3v) is 5.48. The van der Waals surface area contributed by atoms with E-state index in [1.54, 1.807) is 6.33 Å². The average Bonchev–Trinajstić information content (AvgIpc) is 2.66. The lowest BCUT2D eigenvalue weighted by Gasteiger charge is -2.27. The fraction of sp³-hybridized carbons (Fsp3) is 0.320. The van der Waals surface area contributed by atoms with Gasteiger partial charge < -0.3 is 0 Å². The molecule has 0 N–H and O–H groups in total. The van der Waals surface area contributed by atoms with Gasteiger partial charge in [-0.1, -0.05) is 71.0 Å². The number of nitrogens with zero attached hydrogens (tertiary/aromatic N) is 3. The first-order chi connectivity index (χ1) is 13.3. The van der Waals surface area contributed by atoms with Crippen LogP contribution in [0.2, 0.25) is 0 Å². The molecule has 0 saturated carbocycles. The van der Waals surface area contributed by atoms with Gasteiger partial charge in [-0.3, -0.25) is 4.98 Å². The van der Waals surface area contributed by atoms with Crippen LogP contribution in [0.4, 0.5) is 0 Å². The summed E-state index contributed by atoms with van der Waals surface area (Å²) in [6.45, 7) is 11.3. The minimum atomic E-state index is -0.143. The van der Waals surface area contributed by atoms with Crippen LogP contribution in [-0.4, -0.2) is 15.0 Å². The van der Waals surface area contributed by atoms with Crippen LogP contribution in [0.5, 0.6) is 0 Å². The van der Waals surface area contributed by atoms with Crippen LogP contribution in [0.1, 0.15) is 51.4 Å². The Morgan fingerprint density at radius 1 is 0.750 bits per heavy atom. The maximum Gasteiger partial charge on any atom is 0.116 e. The number of rotatable bonds is 3. The van der Waals surface area contributed by atoms with E-state index >= 15 is 0 Å². The predicted molar refractivity (Wildman–Crippen MR) is 117 cm³/mol. The molecule has 3 heteroatoms. The molecule has 0 spiro atoms. The molecule has 2 aromatic carbocycles. The Hall–Kier alpha value is -2.81. The van der Waals surface area contributed by atoms with Gasteiger partial charge in [0.15, 0.2) is 0 Å². The van der Waals surface area contributed by atoms with Crippen molar-refractivity contribution >= 4 is 21.8 Å². The second-order valence-electron chi connectivity index (χ2n) is 9.22. The van der Waals surface area contributed by atoms with Crippen molar-refractivity contribution < 1.29 is 0 Å². The summed E-state index contributed by atoms with van der Waals surface area (Å²) in [5.74, 6) is 0. The fourth-order valence-electron chi connectivity index (χ4n) is 4.14. The summed E-state index contributed by atoms with van der Waals surface area (Å²) >= 11 is 0. The number of para-hydroxylation sites is 2. The van der Waals surface area contributed by atoms with E-state index in [4.69, 9.17) is 4.98 Å². The number of aromatic nitrogens is 3. The van der Waals surface area contributed by atoms with Gasteiger partial charge in [0.1, 0.15) is 6.33 Å². The average molecular weight is 370 g/mol. The first-order valence-electron chi connectivity index (χ1n) is 9.85. The molecule has 2 heterocycles. The molecular weight excluding hydrogens is 342 g/mol. The molecule has 4 aromatic rings. The van der Waals surface area contributed by atoms with Gasteiger partial charge >= 0.3 is 0 Å². The van der Waals surface area contributed by atoms with Crippen LogP contribution in [0.25, 0.3) is 21.8 Å². The first-order valence-corrected chi connectivity index (χ1v) is 9.85. The molecule has 0 radical (unpaired) electrons. The van der Waals surface area contributed by atoms with E-state index in [-0.39, 0.29) is 10.8 Å². The number of benzene rings is 2. The Kier molecular flexibility index (Phi) is 4.41. The molecular formula is C25H27N3. The molecule has 0 amide bonds. The van der Waals surface area contributed by atoms with Gasteiger partial charge in [0.05, 0.1) is 16.7 Å². The van der Waals surface area contributed by atoms with Crippen molar-refractivity contribution in [1.82, 2.24) is 15.0 Å². The van der Waals surface area contributed by atoms with Crippen LogP contribution < -0.4 is 0 Å². The lowest BCUT2D eigenvalue weighted by Crippen LogP contribution is -2.23. The number of fused-ring (bicyclic) bond motifs is 2. The molecule has 4 rings (SSSR count). The highest BCUT2D eigenvalue weighted by atomic mass is 14.8. The van der Waals surface area contributed by atoms with Crippen molar-refractivity contribution in [3.05, 3.63) is 77.9 Å². The van der Waals surface area contributed by atoms with E-state index in [9.17, 15) is 0 Å². The normalized spacial score (nSPS) is 12.6. The van der Waals surface area contributed by atoms with Crippen molar-refractivity contribution in [2.45, 2.75) is 51.9 Å². The maximum absolute atomic E-state index is 4.76. The summed E-state index contributed by atoms with van der Waals surface area (Å²) in [5.41, 5.74) is 5.71. The molecule has 0 saturated heterocycles. The zero-order valence-corrected chi connectivity index (χ0v) is 17.3. The molecule has 0 bridgehead atoms. The third kappa shape index (κ3) is 3.26. The van der Waals surface area contributed by atoms with Crippen molar-refractivity contribution in [3.63, 3.8) is 0 Å². The lowest BCUT2D eigenvalue weighted by atomic mass is 9.79. The van der Waals surface area contributed by atoms with Crippen LogP contribution in [0.15, 0.2) is 61.1 Å². The second kappa shape index (κ2) is 6.66. The van der Waals surface area contributed by atoms with Gasteiger partial charge in [-0.05, 0) is 35.1 Å². The Morgan fingerprint density at radius 3 is 2.29 bits per heavy atom.